The molecule has 2 rings (SSSR count). The van der Waals surface area contributed by atoms with Crippen molar-refractivity contribution in [1.82, 2.24) is 8.61 Å². The van der Waals surface area contributed by atoms with E-state index in [0.717, 1.165) is 12.8 Å². The minimum Gasteiger partial charge on any atom is -0.480 e. The third-order valence-electron chi connectivity index (χ3n) is 4.12. The number of rotatable bonds is 5. The first kappa shape index (κ1) is 16.7. The summed E-state index contributed by atoms with van der Waals surface area (Å²) >= 11 is 0. The molecule has 2 heterocycles. The predicted molar refractivity (Wildman–Crippen MR) is 77.1 cm³/mol. The van der Waals surface area contributed by atoms with Crippen LogP contribution in [0.1, 0.15) is 32.6 Å². The van der Waals surface area contributed by atoms with E-state index in [4.69, 9.17) is 9.84 Å². The molecule has 1 unspecified atom stereocenters. The summed E-state index contributed by atoms with van der Waals surface area (Å²) in [6.45, 7) is 3.75. The lowest BCUT2D eigenvalue weighted by atomic mass is 10.0. The maximum absolute atomic E-state index is 12.6. The van der Waals surface area contributed by atoms with E-state index in [1.54, 1.807) is 4.31 Å². The van der Waals surface area contributed by atoms with Crippen LogP contribution in [0.25, 0.3) is 0 Å². The van der Waals surface area contributed by atoms with E-state index in [0.29, 0.717) is 44.9 Å². The summed E-state index contributed by atoms with van der Waals surface area (Å²) in [7, 11) is -3.38. The smallest absolute Gasteiger partial charge is 0.329 e. The number of carboxylic acid groups (broad SMARTS) is 1. The molecule has 2 aliphatic heterocycles. The fourth-order valence-electron chi connectivity index (χ4n) is 2.94. The molecule has 0 spiro atoms. The molecule has 0 saturated carbocycles. The molecule has 0 aromatic rings. The third-order valence-corrected chi connectivity index (χ3v) is 6.12. The number of hydrogen-bond donors (Lipinski definition) is 1. The SMILES string of the molecule is CC1CCCN(S(=O)(=O)N2CCC(OCC(=O)O)CC2)C1. The topological polar surface area (TPSA) is 87.2 Å². The Morgan fingerprint density at radius 2 is 1.86 bits per heavy atom. The minimum atomic E-state index is -3.38. The third kappa shape index (κ3) is 4.38. The molecule has 7 nitrogen and oxygen atoms in total. The standard InChI is InChI=1S/C13H24N2O5S/c1-11-3-2-6-15(9-11)21(18,19)14-7-4-12(5-8-14)20-10-13(16)17/h11-12H,2-10H2,1H3,(H,16,17). The van der Waals surface area contributed by atoms with Crippen molar-refractivity contribution in [3.05, 3.63) is 0 Å². The molecule has 0 aromatic carbocycles. The lowest BCUT2D eigenvalue weighted by Crippen LogP contribution is -2.50. The van der Waals surface area contributed by atoms with E-state index in [2.05, 4.69) is 6.92 Å². The van der Waals surface area contributed by atoms with Crippen LogP contribution >= 0.6 is 0 Å². The largest absolute Gasteiger partial charge is 0.480 e. The average Bonchev–Trinajstić information content (AvgIpc) is 2.45. The lowest BCUT2D eigenvalue weighted by Gasteiger charge is -2.37. The van der Waals surface area contributed by atoms with Gasteiger partial charge in [-0.2, -0.15) is 17.0 Å². The van der Waals surface area contributed by atoms with Crippen molar-refractivity contribution < 1.29 is 23.1 Å². The van der Waals surface area contributed by atoms with Crippen LogP contribution in [0.2, 0.25) is 0 Å². The molecule has 122 valence electrons. The van der Waals surface area contributed by atoms with Crippen LogP contribution < -0.4 is 0 Å². The fraction of sp³-hybridized carbons (Fsp3) is 0.923. The van der Waals surface area contributed by atoms with Crippen LogP contribution in [0.15, 0.2) is 0 Å². The number of piperidine rings is 2. The zero-order valence-electron chi connectivity index (χ0n) is 12.4. The molecule has 1 N–H and O–H groups in total. The summed E-state index contributed by atoms with van der Waals surface area (Å²) in [4.78, 5) is 10.5. The van der Waals surface area contributed by atoms with Gasteiger partial charge in [-0.1, -0.05) is 6.92 Å². The maximum Gasteiger partial charge on any atom is 0.329 e. The highest BCUT2D eigenvalue weighted by Crippen LogP contribution is 2.23. The number of nitrogens with zero attached hydrogens (tertiary/aromatic N) is 2. The molecule has 2 aliphatic rings. The minimum absolute atomic E-state index is 0.159. The molecule has 0 radical (unpaired) electrons. The van der Waals surface area contributed by atoms with Crippen molar-refractivity contribution in [3.63, 3.8) is 0 Å². The summed E-state index contributed by atoms with van der Waals surface area (Å²) in [5, 5.41) is 8.58. The van der Waals surface area contributed by atoms with Gasteiger partial charge < -0.3 is 9.84 Å². The van der Waals surface area contributed by atoms with Crippen LogP contribution in [0, 0.1) is 5.92 Å². The van der Waals surface area contributed by atoms with Gasteiger partial charge in [-0.3, -0.25) is 0 Å². The maximum atomic E-state index is 12.6. The molecule has 1 atom stereocenters. The summed E-state index contributed by atoms with van der Waals surface area (Å²) in [6, 6.07) is 0. The Balaban J connectivity index is 1.87. The normalized spacial score (nSPS) is 26.8. The van der Waals surface area contributed by atoms with E-state index >= 15 is 0 Å². The molecule has 2 saturated heterocycles. The number of ether oxygens (including phenoxy) is 1. The first-order valence-corrected chi connectivity index (χ1v) is 8.88. The first-order valence-electron chi connectivity index (χ1n) is 7.48. The van der Waals surface area contributed by atoms with Crippen molar-refractivity contribution in [2.75, 3.05) is 32.8 Å². The van der Waals surface area contributed by atoms with Gasteiger partial charge in [0.1, 0.15) is 6.61 Å². The zero-order chi connectivity index (χ0) is 15.5. The molecular formula is C13H24N2O5S. The average molecular weight is 320 g/mol. The first-order chi connectivity index (χ1) is 9.89. The van der Waals surface area contributed by atoms with Gasteiger partial charge in [0.05, 0.1) is 6.10 Å². The van der Waals surface area contributed by atoms with E-state index in [-0.39, 0.29) is 12.7 Å². The molecule has 0 amide bonds. The monoisotopic (exact) mass is 320 g/mol. The second-order valence-electron chi connectivity index (χ2n) is 5.92. The van der Waals surface area contributed by atoms with Crippen LogP contribution in [0.5, 0.6) is 0 Å². The van der Waals surface area contributed by atoms with Gasteiger partial charge in [0.2, 0.25) is 0 Å². The summed E-state index contributed by atoms with van der Waals surface area (Å²) in [6.07, 6.45) is 2.94. The van der Waals surface area contributed by atoms with Crippen molar-refractivity contribution >= 4 is 16.2 Å². The van der Waals surface area contributed by atoms with Crippen molar-refractivity contribution in [3.8, 4) is 0 Å². The highest BCUT2D eigenvalue weighted by molar-refractivity contribution is 7.86. The zero-order valence-corrected chi connectivity index (χ0v) is 13.2. The van der Waals surface area contributed by atoms with Gasteiger partial charge in [0, 0.05) is 26.2 Å². The Bertz CT molecular complexity index is 459. The molecule has 8 heteroatoms. The van der Waals surface area contributed by atoms with Crippen LogP contribution in [-0.4, -0.2) is 67.0 Å². The molecule has 21 heavy (non-hydrogen) atoms. The van der Waals surface area contributed by atoms with E-state index in [1.165, 1.54) is 4.31 Å². The summed E-state index contributed by atoms with van der Waals surface area (Å²) in [5.41, 5.74) is 0. The van der Waals surface area contributed by atoms with Gasteiger partial charge in [-0.05, 0) is 31.6 Å². The highest BCUT2D eigenvalue weighted by Gasteiger charge is 2.35. The quantitative estimate of drug-likeness (QED) is 0.798. The number of carbonyl (C=O) groups is 1. The van der Waals surface area contributed by atoms with Gasteiger partial charge >= 0.3 is 5.97 Å². The molecule has 0 bridgehead atoms. The number of carboxylic acids is 1. The van der Waals surface area contributed by atoms with Gasteiger partial charge in [-0.25, -0.2) is 4.79 Å². The molecule has 0 aromatic heterocycles. The van der Waals surface area contributed by atoms with E-state index < -0.39 is 16.2 Å². The van der Waals surface area contributed by atoms with Crippen molar-refractivity contribution in [1.29, 1.82) is 0 Å². The van der Waals surface area contributed by atoms with Crippen LogP contribution in [-0.2, 0) is 19.7 Å². The lowest BCUT2D eigenvalue weighted by molar-refractivity contribution is -0.145. The Morgan fingerprint density at radius 3 is 2.43 bits per heavy atom. The van der Waals surface area contributed by atoms with Crippen molar-refractivity contribution in [2.45, 2.75) is 38.7 Å². The van der Waals surface area contributed by atoms with Crippen LogP contribution in [0.3, 0.4) is 0 Å². The highest BCUT2D eigenvalue weighted by atomic mass is 32.2. The summed E-state index contributed by atoms with van der Waals surface area (Å²) in [5.74, 6) is -0.586. The second kappa shape index (κ2) is 7.04. The Kier molecular flexibility index (Phi) is 5.59. The number of aliphatic carboxylic acids is 1. The van der Waals surface area contributed by atoms with Gasteiger partial charge in [-0.15, -0.1) is 0 Å². The van der Waals surface area contributed by atoms with E-state index in [1.807, 2.05) is 0 Å². The second-order valence-corrected chi connectivity index (χ2v) is 7.84. The Morgan fingerprint density at radius 1 is 1.19 bits per heavy atom. The fourth-order valence-corrected chi connectivity index (χ4v) is 4.74. The van der Waals surface area contributed by atoms with Gasteiger partial charge in [0.25, 0.3) is 10.2 Å². The molecule has 2 fully saturated rings. The Labute approximate surface area is 126 Å². The van der Waals surface area contributed by atoms with Crippen LogP contribution in [0.4, 0.5) is 0 Å². The summed E-state index contributed by atoms with van der Waals surface area (Å²) < 4.78 is 33.5. The molecule has 0 aliphatic carbocycles. The number of hydrogen-bond acceptors (Lipinski definition) is 4. The van der Waals surface area contributed by atoms with Crippen molar-refractivity contribution in [2.24, 2.45) is 5.92 Å². The predicted octanol–water partition coefficient (Wildman–Crippen LogP) is 0.529. The van der Waals surface area contributed by atoms with Gasteiger partial charge in [0.15, 0.2) is 0 Å². The molecular weight excluding hydrogens is 296 g/mol. The van der Waals surface area contributed by atoms with E-state index in [9.17, 15) is 13.2 Å². The Hall–Kier alpha value is -0.700.